The molecule has 3 aromatic carbocycles. The van der Waals surface area contributed by atoms with Gasteiger partial charge in [0, 0.05) is 5.56 Å². The lowest BCUT2D eigenvalue weighted by Gasteiger charge is -2.18. The molecule has 3 heteroatoms. The van der Waals surface area contributed by atoms with Crippen LogP contribution in [0.3, 0.4) is 0 Å². The fourth-order valence-corrected chi connectivity index (χ4v) is 3.65. The van der Waals surface area contributed by atoms with Gasteiger partial charge in [-0.3, -0.25) is 0 Å². The van der Waals surface area contributed by atoms with Crippen molar-refractivity contribution < 1.29 is 4.74 Å². The first-order chi connectivity index (χ1) is 14.4. The Balaban J connectivity index is 1.54. The minimum absolute atomic E-state index is 0.101. The first-order valence-corrected chi connectivity index (χ1v) is 9.76. The third kappa shape index (κ3) is 3.55. The highest BCUT2D eigenvalue weighted by molar-refractivity contribution is 5.94. The van der Waals surface area contributed by atoms with Crippen LogP contribution >= 0.6 is 0 Å². The third-order valence-electron chi connectivity index (χ3n) is 5.09. The minimum Gasteiger partial charge on any atom is -0.465 e. The van der Waals surface area contributed by atoms with Crippen molar-refractivity contribution in [1.29, 1.82) is 0 Å². The van der Waals surface area contributed by atoms with Crippen LogP contribution in [-0.4, -0.2) is 10.9 Å². The Hall–Kier alpha value is -3.72. The molecule has 1 aromatic heterocycles. The van der Waals surface area contributed by atoms with E-state index in [2.05, 4.69) is 36.4 Å². The van der Waals surface area contributed by atoms with Gasteiger partial charge in [-0.15, -0.1) is 0 Å². The van der Waals surface area contributed by atoms with Crippen LogP contribution in [-0.2, 0) is 4.74 Å². The van der Waals surface area contributed by atoms with Crippen LogP contribution in [0.5, 0.6) is 0 Å². The summed E-state index contributed by atoms with van der Waals surface area (Å²) >= 11 is 0. The highest BCUT2D eigenvalue weighted by atomic mass is 16.5. The van der Waals surface area contributed by atoms with Gasteiger partial charge in [0.15, 0.2) is 6.10 Å². The maximum Gasteiger partial charge on any atom is 0.236 e. The van der Waals surface area contributed by atoms with Crippen molar-refractivity contribution in [3.8, 4) is 11.3 Å². The van der Waals surface area contributed by atoms with E-state index < -0.39 is 0 Å². The molecule has 0 saturated heterocycles. The van der Waals surface area contributed by atoms with E-state index in [1.54, 1.807) is 0 Å². The van der Waals surface area contributed by atoms with Crippen molar-refractivity contribution in [2.45, 2.75) is 12.1 Å². The van der Waals surface area contributed by atoms with Gasteiger partial charge in [-0.25, -0.2) is 9.98 Å². The molecule has 0 N–H and O–H groups in total. The van der Waals surface area contributed by atoms with E-state index in [4.69, 9.17) is 14.7 Å². The molecule has 3 nitrogen and oxygen atoms in total. The van der Waals surface area contributed by atoms with E-state index in [0.717, 1.165) is 28.1 Å². The van der Waals surface area contributed by atoms with Gasteiger partial charge in [-0.2, -0.15) is 0 Å². The summed E-state index contributed by atoms with van der Waals surface area (Å²) in [5.74, 6) is 0.588. The van der Waals surface area contributed by atoms with E-state index in [-0.39, 0.29) is 12.1 Å². The first kappa shape index (κ1) is 17.4. The largest absolute Gasteiger partial charge is 0.465 e. The Morgan fingerprint density at radius 1 is 0.552 bits per heavy atom. The molecule has 1 aliphatic rings. The van der Waals surface area contributed by atoms with Crippen molar-refractivity contribution in [3.05, 3.63) is 126 Å². The maximum absolute atomic E-state index is 6.38. The average Bonchev–Trinajstić information content (AvgIpc) is 3.27. The summed E-state index contributed by atoms with van der Waals surface area (Å²) in [6.45, 7) is 0. The van der Waals surface area contributed by atoms with Crippen LogP contribution in [0.4, 0.5) is 0 Å². The van der Waals surface area contributed by atoms with E-state index >= 15 is 0 Å². The molecule has 140 valence electrons. The standard InChI is InChI=1S/C26H20N2O/c1-4-11-19(12-5-1)22-17-10-18-23(27-22)26-28-24(20-13-6-2-7-14-20)25(29-26)21-15-8-3-9-16-21/h1-18,24-25H/t24-,25+/m1/s1. The summed E-state index contributed by atoms with van der Waals surface area (Å²) in [4.78, 5) is 9.78. The number of nitrogens with zero attached hydrogens (tertiary/aromatic N) is 2. The van der Waals surface area contributed by atoms with Gasteiger partial charge in [-0.1, -0.05) is 97.1 Å². The van der Waals surface area contributed by atoms with Gasteiger partial charge in [0.1, 0.15) is 11.7 Å². The zero-order valence-corrected chi connectivity index (χ0v) is 15.8. The zero-order valence-electron chi connectivity index (χ0n) is 15.8. The number of hydrogen-bond donors (Lipinski definition) is 0. The van der Waals surface area contributed by atoms with Crippen LogP contribution < -0.4 is 0 Å². The van der Waals surface area contributed by atoms with Gasteiger partial charge < -0.3 is 4.74 Å². The summed E-state index contributed by atoms with van der Waals surface area (Å²) in [6.07, 6.45) is -0.171. The van der Waals surface area contributed by atoms with Gasteiger partial charge in [0.2, 0.25) is 5.90 Å². The number of benzene rings is 3. The zero-order chi connectivity index (χ0) is 19.5. The number of ether oxygens (including phenoxy) is 1. The molecule has 0 radical (unpaired) electrons. The number of hydrogen-bond acceptors (Lipinski definition) is 3. The van der Waals surface area contributed by atoms with Crippen LogP contribution in [0.2, 0.25) is 0 Å². The molecule has 0 bridgehead atoms. The lowest BCUT2D eigenvalue weighted by atomic mass is 9.97. The molecule has 0 unspecified atom stereocenters. The number of rotatable bonds is 4. The van der Waals surface area contributed by atoms with Gasteiger partial charge in [0.05, 0.1) is 5.69 Å². The van der Waals surface area contributed by atoms with Gasteiger partial charge >= 0.3 is 0 Å². The molecule has 0 amide bonds. The summed E-state index contributed by atoms with van der Waals surface area (Å²) in [5.41, 5.74) is 4.99. The molecule has 4 aromatic rings. The van der Waals surface area contributed by atoms with Gasteiger partial charge in [0.25, 0.3) is 0 Å². The normalized spacial score (nSPS) is 18.1. The minimum atomic E-state index is -0.171. The van der Waals surface area contributed by atoms with E-state index in [1.165, 1.54) is 0 Å². The SMILES string of the molecule is c1ccc(-c2cccc(C3=N[C@H](c4ccccc4)[C@H](c4ccccc4)O3)n2)cc1. The first-order valence-electron chi connectivity index (χ1n) is 9.76. The molecular weight excluding hydrogens is 356 g/mol. The molecule has 0 fully saturated rings. The maximum atomic E-state index is 6.38. The topological polar surface area (TPSA) is 34.5 Å². The molecule has 2 heterocycles. The summed E-state index contributed by atoms with van der Waals surface area (Å²) in [5, 5.41) is 0. The Labute approximate surface area is 170 Å². The van der Waals surface area contributed by atoms with E-state index in [0.29, 0.717) is 5.90 Å². The summed E-state index contributed by atoms with van der Waals surface area (Å²) < 4.78 is 6.38. The second kappa shape index (κ2) is 7.72. The van der Waals surface area contributed by atoms with Crippen molar-refractivity contribution in [2.75, 3.05) is 0 Å². The average molecular weight is 376 g/mol. The number of aliphatic imine (C=N–C) groups is 1. The third-order valence-corrected chi connectivity index (χ3v) is 5.09. The lowest BCUT2D eigenvalue weighted by Crippen LogP contribution is -2.10. The number of pyridine rings is 1. The monoisotopic (exact) mass is 376 g/mol. The Morgan fingerprint density at radius 3 is 1.83 bits per heavy atom. The van der Waals surface area contributed by atoms with Crippen molar-refractivity contribution in [1.82, 2.24) is 4.98 Å². The van der Waals surface area contributed by atoms with E-state index in [9.17, 15) is 0 Å². The van der Waals surface area contributed by atoms with Crippen molar-refractivity contribution in [3.63, 3.8) is 0 Å². The molecule has 2 atom stereocenters. The highest BCUT2D eigenvalue weighted by Gasteiger charge is 2.34. The fraction of sp³-hybridized carbons (Fsp3) is 0.0769. The van der Waals surface area contributed by atoms with Crippen molar-refractivity contribution in [2.24, 2.45) is 4.99 Å². The molecule has 0 saturated carbocycles. The van der Waals surface area contributed by atoms with Crippen molar-refractivity contribution >= 4 is 5.90 Å². The Bertz CT molecular complexity index is 1120. The number of aromatic nitrogens is 1. The summed E-state index contributed by atoms with van der Waals surface area (Å²) in [6, 6.07) is 36.6. The fourth-order valence-electron chi connectivity index (χ4n) is 3.65. The second-order valence-electron chi connectivity index (χ2n) is 7.01. The predicted octanol–water partition coefficient (Wildman–Crippen LogP) is 6.01. The quantitative estimate of drug-likeness (QED) is 0.437. The van der Waals surface area contributed by atoms with Crippen LogP contribution in [0, 0.1) is 0 Å². The van der Waals surface area contributed by atoms with Gasteiger partial charge in [-0.05, 0) is 23.3 Å². The smallest absolute Gasteiger partial charge is 0.236 e. The molecule has 0 spiro atoms. The highest BCUT2D eigenvalue weighted by Crippen LogP contribution is 2.40. The predicted molar refractivity (Wildman–Crippen MR) is 116 cm³/mol. The molecule has 5 rings (SSSR count). The second-order valence-corrected chi connectivity index (χ2v) is 7.01. The van der Waals surface area contributed by atoms with Crippen LogP contribution in [0.15, 0.2) is 114 Å². The van der Waals surface area contributed by atoms with Crippen LogP contribution in [0.25, 0.3) is 11.3 Å². The lowest BCUT2D eigenvalue weighted by molar-refractivity contribution is 0.196. The Kier molecular flexibility index (Phi) is 4.63. The van der Waals surface area contributed by atoms with Crippen LogP contribution in [0.1, 0.15) is 29.0 Å². The van der Waals surface area contributed by atoms with E-state index in [1.807, 2.05) is 72.8 Å². The molecular formula is C26H20N2O. The molecule has 0 aliphatic carbocycles. The summed E-state index contributed by atoms with van der Waals surface area (Å²) in [7, 11) is 0. The Morgan fingerprint density at radius 2 is 1.14 bits per heavy atom. The molecule has 29 heavy (non-hydrogen) atoms. The molecule has 1 aliphatic heterocycles.